The molecule has 2 fully saturated rings. The average molecular weight is 225 g/mol. The minimum atomic E-state index is 0.127. The van der Waals surface area contributed by atoms with Gasteiger partial charge >= 0.3 is 0 Å². The summed E-state index contributed by atoms with van der Waals surface area (Å²) in [6.45, 7) is 3.30. The molecule has 2 aliphatic heterocycles. The Hall–Kier alpha value is -0.610. The summed E-state index contributed by atoms with van der Waals surface area (Å²) in [5.74, 6) is 0.207. The summed E-state index contributed by atoms with van der Waals surface area (Å²) in [6.07, 6.45) is 5.85. The number of likely N-dealkylation sites (tertiary alicyclic amines) is 1. The maximum Gasteiger partial charge on any atom is 0.237 e. The average Bonchev–Trinajstić information content (AvgIpc) is 2.39. The topological polar surface area (TPSA) is 44.4 Å². The zero-order valence-electron chi connectivity index (χ0n) is 10.2. The Kier molecular flexibility index (Phi) is 4.18. The molecule has 2 saturated heterocycles. The van der Waals surface area contributed by atoms with Crippen LogP contribution in [0.15, 0.2) is 0 Å². The van der Waals surface area contributed by atoms with Crippen LogP contribution in [0.25, 0.3) is 0 Å². The maximum absolute atomic E-state index is 11.9. The smallest absolute Gasteiger partial charge is 0.237 e. The number of carbonyl (C=O) groups excluding carboxylic acids is 1. The normalized spacial score (nSPS) is 28.9. The Morgan fingerprint density at radius 3 is 2.69 bits per heavy atom. The van der Waals surface area contributed by atoms with Crippen molar-refractivity contribution in [1.82, 2.24) is 15.5 Å². The highest BCUT2D eigenvalue weighted by Gasteiger charge is 2.33. The van der Waals surface area contributed by atoms with Gasteiger partial charge in [0.05, 0.1) is 6.04 Å². The molecule has 0 aromatic rings. The molecule has 0 spiro atoms. The summed E-state index contributed by atoms with van der Waals surface area (Å²) >= 11 is 0. The molecule has 0 bridgehead atoms. The van der Waals surface area contributed by atoms with Gasteiger partial charge in [0, 0.05) is 13.1 Å². The number of nitrogens with zero attached hydrogens (tertiary/aromatic N) is 1. The van der Waals surface area contributed by atoms with E-state index in [2.05, 4.69) is 15.5 Å². The number of rotatable bonds is 2. The summed E-state index contributed by atoms with van der Waals surface area (Å²) in [5.41, 5.74) is 0. The largest absolute Gasteiger partial charge is 0.358 e. The lowest BCUT2D eigenvalue weighted by molar-refractivity contribution is -0.128. The van der Waals surface area contributed by atoms with Crippen molar-refractivity contribution in [2.75, 3.05) is 26.7 Å². The van der Waals surface area contributed by atoms with E-state index >= 15 is 0 Å². The number of carbonyl (C=O) groups is 1. The third-order valence-corrected chi connectivity index (χ3v) is 3.87. The van der Waals surface area contributed by atoms with E-state index in [0.29, 0.717) is 6.04 Å². The van der Waals surface area contributed by atoms with Gasteiger partial charge < -0.3 is 10.6 Å². The first-order valence-corrected chi connectivity index (χ1v) is 6.51. The second kappa shape index (κ2) is 5.64. The summed E-state index contributed by atoms with van der Waals surface area (Å²) in [4.78, 5) is 14.3. The fourth-order valence-corrected chi connectivity index (χ4v) is 2.98. The SMILES string of the molecule is CNC(=O)[C@@H]1CCCCN1C1CCNCC1. The van der Waals surface area contributed by atoms with Gasteiger partial charge in [0.2, 0.25) is 5.91 Å². The van der Waals surface area contributed by atoms with E-state index in [1.165, 1.54) is 25.7 Å². The van der Waals surface area contributed by atoms with Crippen LogP contribution in [0.1, 0.15) is 32.1 Å². The lowest BCUT2D eigenvalue weighted by Gasteiger charge is -2.41. The molecule has 0 aromatic carbocycles. The molecule has 0 aliphatic carbocycles. The predicted molar refractivity (Wildman–Crippen MR) is 64.3 cm³/mol. The van der Waals surface area contributed by atoms with Crippen LogP contribution in [0.5, 0.6) is 0 Å². The van der Waals surface area contributed by atoms with Gasteiger partial charge in [-0.25, -0.2) is 0 Å². The zero-order valence-corrected chi connectivity index (χ0v) is 10.2. The Morgan fingerprint density at radius 2 is 2.00 bits per heavy atom. The first kappa shape index (κ1) is 11.9. The molecular formula is C12H23N3O. The summed E-state index contributed by atoms with van der Waals surface area (Å²) in [5, 5.41) is 6.19. The molecule has 2 aliphatic rings. The van der Waals surface area contributed by atoms with Crippen molar-refractivity contribution in [3.8, 4) is 0 Å². The van der Waals surface area contributed by atoms with Crippen molar-refractivity contribution in [3.05, 3.63) is 0 Å². The van der Waals surface area contributed by atoms with Gasteiger partial charge in [-0.2, -0.15) is 0 Å². The van der Waals surface area contributed by atoms with Crippen molar-refractivity contribution in [2.24, 2.45) is 0 Å². The number of nitrogens with one attached hydrogen (secondary N) is 2. The predicted octanol–water partition coefficient (Wildman–Crippen LogP) is 0.339. The molecule has 4 heteroatoms. The number of hydrogen-bond donors (Lipinski definition) is 2. The minimum absolute atomic E-state index is 0.127. The van der Waals surface area contributed by atoms with Crippen LogP contribution in [0.4, 0.5) is 0 Å². The molecular weight excluding hydrogens is 202 g/mol. The number of piperidine rings is 2. The molecule has 2 N–H and O–H groups in total. The van der Waals surface area contributed by atoms with Crippen LogP contribution in [0, 0.1) is 0 Å². The van der Waals surface area contributed by atoms with E-state index in [1.807, 2.05) is 0 Å². The number of hydrogen-bond acceptors (Lipinski definition) is 3. The van der Waals surface area contributed by atoms with E-state index < -0.39 is 0 Å². The van der Waals surface area contributed by atoms with E-state index in [4.69, 9.17) is 0 Å². The van der Waals surface area contributed by atoms with Gasteiger partial charge in [-0.15, -0.1) is 0 Å². The van der Waals surface area contributed by atoms with Crippen molar-refractivity contribution >= 4 is 5.91 Å². The highest BCUT2D eigenvalue weighted by atomic mass is 16.2. The van der Waals surface area contributed by atoms with Gasteiger partial charge in [0.25, 0.3) is 0 Å². The van der Waals surface area contributed by atoms with Gasteiger partial charge in [-0.3, -0.25) is 9.69 Å². The molecule has 1 amide bonds. The third kappa shape index (κ3) is 2.55. The van der Waals surface area contributed by atoms with Crippen molar-refractivity contribution in [1.29, 1.82) is 0 Å². The molecule has 0 saturated carbocycles. The number of likely N-dealkylation sites (N-methyl/N-ethyl adjacent to an activating group) is 1. The van der Waals surface area contributed by atoms with Gasteiger partial charge in [0.15, 0.2) is 0 Å². The van der Waals surface area contributed by atoms with E-state index in [9.17, 15) is 4.79 Å². The summed E-state index contributed by atoms with van der Waals surface area (Å²) in [6, 6.07) is 0.741. The van der Waals surface area contributed by atoms with Crippen LogP contribution in [0.2, 0.25) is 0 Å². The van der Waals surface area contributed by atoms with Gasteiger partial charge in [-0.1, -0.05) is 6.42 Å². The maximum atomic E-state index is 11.9. The fourth-order valence-electron chi connectivity index (χ4n) is 2.98. The molecule has 2 rings (SSSR count). The lowest BCUT2D eigenvalue weighted by Crippen LogP contribution is -2.55. The lowest BCUT2D eigenvalue weighted by atomic mass is 9.95. The van der Waals surface area contributed by atoms with Crippen molar-refractivity contribution in [2.45, 2.75) is 44.2 Å². The summed E-state index contributed by atoms with van der Waals surface area (Å²) in [7, 11) is 1.75. The van der Waals surface area contributed by atoms with Gasteiger partial charge in [0.1, 0.15) is 0 Å². The van der Waals surface area contributed by atoms with Gasteiger partial charge in [-0.05, 0) is 45.3 Å². The Labute approximate surface area is 97.8 Å². The molecule has 0 radical (unpaired) electrons. The minimum Gasteiger partial charge on any atom is -0.358 e. The molecule has 2 heterocycles. The Bertz CT molecular complexity index is 238. The first-order chi connectivity index (χ1) is 7.83. The van der Waals surface area contributed by atoms with Crippen LogP contribution < -0.4 is 10.6 Å². The second-order valence-corrected chi connectivity index (χ2v) is 4.84. The Morgan fingerprint density at radius 1 is 1.25 bits per heavy atom. The molecule has 0 aromatic heterocycles. The second-order valence-electron chi connectivity index (χ2n) is 4.84. The zero-order chi connectivity index (χ0) is 11.4. The van der Waals surface area contributed by atoms with E-state index in [-0.39, 0.29) is 11.9 Å². The third-order valence-electron chi connectivity index (χ3n) is 3.87. The first-order valence-electron chi connectivity index (χ1n) is 6.51. The monoisotopic (exact) mass is 225 g/mol. The van der Waals surface area contributed by atoms with E-state index in [1.54, 1.807) is 7.05 Å². The molecule has 16 heavy (non-hydrogen) atoms. The van der Waals surface area contributed by atoms with Crippen molar-refractivity contribution in [3.63, 3.8) is 0 Å². The van der Waals surface area contributed by atoms with Crippen LogP contribution >= 0.6 is 0 Å². The molecule has 0 unspecified atom stereocenters. The highest BCUT2D eigenvalue weighted by Crippen LogP contribution is 2.23. The Balaban J connectivity index is 2.00. The molecule has 4 nitrogen and oxygen atoms in total. The van der Waals surface area contributed by atoms with Crippen LogP contribution in [0.3, 0.4) is 0 Å². The van der Waals surface area contributed by atoms with E-state index in [0.717, 1.165) is 26.1 Å². The summed E-state index contributed by atoms with van der Waals surface area (Å²) < 4.78 is 0. The quantitative estimate of drug-likeness (QED) is 0.712. The van der Waals surface area contributed by atoms with Crippen molar-refractivity contribution < 1.29 is 4.79 Å². The molecule has 92 valence electrons. The number of amides is 1. The standard InChI is InChI=1S/C12H23N3O/c1-13-12(16)11-4-2-3-9-15(11)10-5-7-14-8-6-10/h10-11,14H,2-9H2,1H3,(H,13,16)/t11-/m0/s1. The van der Waals surface area contributed by atoms with Crippen LogP contribution in [-0.2, 0) is 4.79 Å². The fraction of sp³-hybridized carbons (Fsp3) is 0.917. The van der Waals surface area contributed by atoms with Crippen LogP contribution in [-0.4, -0.2) is 49.6 Å². The highest BCUT2D eigenvalue weighted by molar-refractivity contribution is 5.81. The molecule has 1 atom stereocenters.